The first-order valence-corrected chi connectivity index (χ1v) is 24.8. The topological polar surface area (TPSA) is 24.9 Å². The van der Waals surface area contributed by atoms with Crippen LogP contribution < -0.4 is 41.0 Å². The van der Waals surface area contributed by atoms with Crippen molar-refractivity contribution >= 4 is 133 Å². The predicted molar refractivity (Wildman–Crippen MR) is 290 cm³/mol. The maximum Gasteiger partial charge on any atom is 0.431 e. The summed E-state index contributed by atoms with van der Waals surface area (Å²) in [5.41, 5.74) is 17.0. The van der Waals surface area contributed by atoms with Gasteiger partial charge in [0.1, 0.15) is 11.5 Å². The minimum atomic E-state index is -0.140. The van der Waals surface area contributed by atoms with Gasteiger partial charge in [0.05, 0.1) is 10.4 Å². The van der Waals surface area contributed by atoms with Gasteiger partial charge in [-0.1, -0.05) is 146 Å². The second-order valence-electron chi connectivity index (χ2n) is 17.8. The summed E-state index contributed by atoms with van der Waals surface area (Å²) < 4.78 is 18.8. The highest BCUT2D eigenvalue weighted by molar-refractivity contribution is 7.27. The predicted octanol–water partition coefficient (Wildman–Crippen LogP) is 14.0. The maximum absolute atomic E-state index is 6.76. The molecule has 10 aromatic carbocycles. The van der Waals surface area contributed by atoms with E-state index in [0.29, 0.717) is 0 Å². The highest BCUT2D eigenvalue weighted by Crippen LogP contribution is 2.51. The van der Waals surface area contributed by atoms with E-state index in [4.69, 9.17) is 9.31 Å². The average Bonchev–Trinajstić information content (AvgIpc) is 3.98. The zero-order chi connectivity index (χ0) is 44.5. The van der Waals surface area contributed by atoms with Gasteiger partial charge in [0.2, 0.25) is 0 Å². The fourth-order valence-corrected chi connectivity index (χ4v) is 13.7. The number of benzene rings is 10. The van der Waals surface area contributed by atoms with Crippen molar-refractivity contribution in [2.75, 3.05) is 9.80 Å². The summed E-state index contributed by atoms with van der Waals surface area (Å²) in [5.74, 6) is 1.91. The Kier molecular flexibility index (Phi) is 8.26. The molecule has 0 saturated heterocycles. The van der Waals surface area contributed by atoms with Crippen LogP contribution in [-0.2, 0) is 0 Å². The molecule has 0 amide bonds. The van der Waals surface area contributed by atoms with Gasteiger partial charge in [0, 0.05) is 86.1 Å². The largest absolute Gasteiger partial charge is 0.551 e. The van der Waals surface area contributed by atoms with E-state index in [-0.39, 0.29) is 13.8 Å². The molecule has 4 aliphatic rings. The first-order valence-electron chi connectivity index (χ1n) is 23.1. The van der Waals surface area contributed by atoms with Crippen molar-refractivity contribution in [1.82, 2.24) is 0 Å². The number of rotatable bonds is 2. The third kappa shape index (κ3) is 5.44. The van der Waals surface area contributed by atoms with Crippen molar-refractivity contribution in [2.45, 2.75) is 0 Å². The second-order valence-corrected chi connectivity index (χ2v) is 19.9. The van der Waals surface area contributed by atoms with Crippen LogP contribution in [-0.4, -0.2) is 13.8 Å². The molecule has 4 nitrogen and oxygen atoms in total. The van der Waals surface area contributed by atoms with E-state index in [1.54, 1.807) is 0 Å². The van der Waals surface area contributed by atoms with Crippen LogP contribution in [0.5, 0.6) is 11.5 Å². The van der Waals surface area contributed by atoms with Crippen LogP contribution in [0.25, 0.3) is 62.6 Å². The van der Waals surface area contributed by atoms with Gasteiger partial charge in [-0.25, -0.2) is 0 Å². The fourth-order valence-electron chi connectivity index (χ4n) is 11.3. The molecule has 0 atom stereocenters. The molecule has 6 heterocycles. The van der Waals surface area contributed by atoms with Crippen LogP contribution in [0.2, 0.25) is 0 Å². The summed E-state index contributed by atoms with van der Waals surface area (Å²) in [6.07, 6.45) is 0. The Balaban J connectivity index is 0.000000124. The van der Waals surface area contributed by atoms with Crippen LogP contribution in [0.15, 0.2) is 218 Å². The van der Waals surface area contributed by atoms with Gasteiger partial charge in [-0.05, 0) is 94.8 Å². The van der Waals surface area contributed by atoms with E-state index in [2.05, 4.69) is 228 Å². The Morgan fingerprint density at radius 3 is 1.62 bits per heavy atom. The molecule has 0 bridgehead atoms. The molecule has 0 aliphatic carbocycles. The summed E-state index contributed by atoms with van der Waals surface area (Å²) in [6, 6.07) is 78.0. The van der Waals surface area contributed by atoms with E-state index >= 15 is 0 Å². The van der Waals surface area contributed by atoms with Gasteiger partial charge in [-0.2, -0.15) is 0 Å². The molecule has 4 aliphatic heterocycles. The minimum Gasteiger partial charge on any atom is -0.551 e. The lowest BCUT2D eigenvalue weighted by Gasteiger charge is -2.39. The van der Waals surface area contributed by atoms with E-state index in [1.165, 1.54) is 113 Å². The summed E-state index contributed by atoms with van der Waals surface area (Å²) >= 11 is 3.75. The Morgan fingerprint density at radius 1 is 0.368 bits per heavy atom. The molecule has 16 rings (SSSR count). The molecule has 2 aromatic heterocycles. The van der Waals surface area contributed by atoms with Gasteiger partial charge in [0.15, 0.2) is 0 Å². The molecule has 316 valence electrons. The van der Waals surface area contributed by atoms with Crippen LogP contribution >= 0.6 is 22.7 Å². The average molecular weight is 903 g/mol. The smallest absolute Gasteiger partial charge is 0.431 e. The highest BCUT2D eigenvalue weighted by Gasteiger charge is 2.45. The normalized spacial score (nSPS) is 13.4. The van der Waals surface area contributed by atoms with Crippen LogP contribution in [0, 0.1) is 0 Å². The number of hydrogen-bond donors (Lipinski definition) is 0. The lowest BCUT2D eigenvalue weighted by Crippen LogP contribution is -2.56. The van der Waals surface area contributed by atoms with E-state index in [9.17, 15) is 0 Å². The van der Waals surface area contributed by atoms with Crippen molar-refractivity contribution in [3.05, 3.63) is 218 Å². The second kappa shape index (κ2) is 14.7. The van der Waals surface area contributed by atoms with Gasteiger partial charge in [-0.15, -0.1) is 22.7 Å². The Bertz CT molecular complexity index is 4040. The number of para-hydroxylation sites is 6. The van der Waals surface area contributed by atoms with Crippen LogP contribution in [0.1, 0.15) is 0 Å². The van der Waals surface area contributed by atoms with Gasteiger partial charge in [-0.3, -0.25) is 0 Å². The van der Waals surface area contributed by atoms with Gasteiger partial charge < -0.3 is 19.1 Å². The first-order chi connectivity index (χ1) is 33.8. The molecule has 68 heavy (non-hydrogen) atoms. The number of anilines is 6. The fraction of sp³-hybridized carbons (Fsp3) is 0. The molecular weight excluding hydrogens is 866 g/mol. The van der Waals surface area contributed by atoms with Crippen LogP contribution in [0.3, 0.4) is 0 Å². The van der Waals surface area contributed by atoms with E-state index in [0.717, 1.165) is 17.2 Å². The number of fused-ring (bicyclic) bond motifs is 16. The standard InChI is InChI=1S/2C30H18BNOS/c1-2-10-19(11-3-1)32-25-15-7-6-14-24(25)31-28-22(20-12-4-8-16-26(20)33-31)18-23-21-13-5-9-17-27(21)34-30(23)29(28)32;1-2-10-19(11-3-1)32-23-15-7-6-14-22(23)31-30-24(32)18-27-28(21-13-5-9-17-26(21)34-27)29(30)20-12-4-8-16-25(20)33-31/h2*1-18H. The Hall–Kier alpha value is -8.03. The maximum atomic E-state index is 6.76. The third-order valence-electron chi connectivity index (χ3n) is 14.1. The zero-order valence-corrected chi connectivity index (χ0v) is 38.1. The highest BCUT2D eigenvalue weighted by atomic mass is 32.1. The van der Waals surface area contributed by atoms with E-state index < -0.39 is 0 Å². The summed E-state index contributed by atoms with van der Waals surface area (Å²) in [7, 11) is 0. The van der Waals surface area contributed by atoms with Crippen molar-refractivity contribution in [3.8, 4) is 33.8 Å². The monoisotopic (exact) mass is 902 g/mol. The van der Waals surface area contributed by atoms with Gasteiger partial charge >= 0.3 is 13.8 Å². The number of hydrogen-bond acceptors (Lipinski definition) is 6. The Labute approximate surface area is 401 Å². The SMILES string of the molecule is c1ccc(N2c3ccccc3B3Oc4ccccc4-c4c3c2cc2sc3ccccc3c42)cc1.c1ccc(N2c3ccccc3B3Oc4ccccc4-c4cc5c(sc6ccccc65)c2c43)cc1. The van der Waals surface area contributed by atoms with E-state index in [1.807, 2.05) is 22.7 Å². The Morgan fingerprint density at radius 2 is 0.897 bits per heavy atom. The van der Waals surface area contributed by atoms with Crippen molar-refractivity contribution < 1.29 is 9.31 Å². The number of thiophene rings is 2. The van der Waals surface area contributed by atoms with Crippen molar-refractivity contribution in [1.29, 1.82) is 0 Å². The minimum absolute atomic E-state index is 0.134. The lowest BCUT2D eigenvalue weighted by atomic mass is 9.49. The first kappa shape index (κ1) is 38.1. The zero-order valence-electron chi connectivity index (χ0n) is 36.5. The van der Waals surface area contributed by atoms with Crippen molar-refractivity contribution in [2.24, 2.45) is 0 Å². The summed E-state index contributed by atoms with van der Waals surface area (Å²) in [6.45, 7) is -0.273. The van der Waals surface area contributed by atoms with Crippen molar-refractivity contribution in [3.63, 3.8) is 0 Å². The summed E-state index contributed by atoms with van der Waals surface area (Å²) in [5, 5.41) is 5.28. The molecule has 0 radical (unpaired) electrons. The quantitative estimate of drug-likeness (QED) is 0.161. The lowest BCUT2D eigenvalue weighted by molar-refractivity contribution is 0.590. The van der Waals surface area contributed by atoms with Crippen LogP contribution in [0.4, 0.5) is 34.1 Å². The van der Waals surface area contributed by atoms with Gasteiger partial charge in [0.25, 0.3) is 0 Å². The molecule has 0 spiro atoms. The molecule has 8 heteroatoms. The number of nitrogens with zero attached hydrogens (tertiary/aromatic N) is 2. The molecule has 0 fully saturated rings. The molecule has 0 saturated carbocycles. The molecule has 0 N–H and O–H groups in total. The molecular formula is C60H36B2N2O2S2. The molecule has 12 aromatic rings. The summed E-state index contributed by atoms with van der Waals surface area (Å²) in [4.78, 5) is 4.85. The third-order valence-corrected chi connectivity index (χ3v) is 16.4. The molecule has 0 unspecified atom stereocenters.